The smallest absolute Gasteiger partial charge is 0.283 e. The summed E-state index contributed by atoms with van der Waals surface area (Å²) in [4.78, 5) is 12.7. The Kier molecular flexibility index (Phi) is 4.68. The van der Waals surface area contributed by atoms with Crippen LogP contribution in [0.5, 0.6) is 23.0 Å². The van der Waals surface area contributed by atoms with E-state index in [0.29, 0.717) is 28.6 Å². The number of hydrogen-bond acceptors (Lipinski definition) is 5. The molecular formula is C22H15O5Y-. The number of carbonyl (C=O) groups excluding carboxylic acids is 1. The molecule has 0 N–H and O–H groups in total. The second-order valence-electron chi connectivity index (χ2n) is 6.37. The summed E-state index contributed by atoms with van der Waals surface area (Å²) in [5.41, 5.74) is 1.69. The van der Waals surface area contributed by atoms with E-state index in [-0.39, 0.29) is 38.7 Å². The van der Waals surface area contributed by atoms with Crippen molar-refractivity contribution in [2.75, 3.05) is 14.2 Å². The van der Waals surface area contributed by atoms with Gasteiger partial charge in [0.25, 0.3) is 5.97 Å². The largest absolute Gasteiger partial charge is 0.497 e. The summed E-state index contributed by atoms with van der Waals surface area (Å²) in [5, 5.41) is 0. The number of hydrogen-bond donors (Lipinski definition) is 0. The summed E-state index contributed by atoms with van der Waals surface area (Å²) >= 11 is 0. The van der Waals surface area contributed by atoms with Gasteiger partial charge in [-0.05, 0) is 29.8 Å². The summed E-state index contributed by atoms with van der Waals surface area (Å²) < 4.78 is 22.9. The first-order chi connectivity index (χ1) is 13.2. The van der Waals surface area contributed by atoms with Crippen molar-refractivity contribution in [3.05, 3.63) is 82.9 Å². The fraction of sp³-hybridized carbons (Fsp3) is 0.136. The second kappa shape index (κ2) is 6.91. The fourth-order valence-electron chi connectivity index (χ4n) is 3.83. The van der Waals surface area contributed by atoms with Gasteiger partial charge in [-0.15, -0.1) is 0 Å². The number of ether oxygens (including phenoxy) is 4. The fourth-order valence-corrected chi connectivity index (χ4v) is 3.83. The molecule has 2 aliphatic heterocycles. The number of fused-ring (bicyclic) bond motifs is 6. The Labute approximate surface area is 187 Å². The zero-order chi connectivity index (χ0) is 18.6. The topological polar surface area (TPSA) is 54.0 Å². The van der Waals surface area contributed by atoms with Gasteiger partial charge < -0.3 is 18.9 Å². The Balaban J connectivity index is 0.00000192. The van der Waals surface area contributed by atoms with Gasteiger partial charge in [0, 0.05) is 56.0 Å². The maximum absolute atomic E-state index is 12.7. The van der Waals surface area contributed by atoms with Gasteiger partial charge in [-0.25, -0.2) is 0 Å². The summed E-state index contributed by atoms with van der Waals surface area (Å²) in [6, 6.07) is 19.3. The van der Waals surface area contributed by atoms with Gasteiger partial charge >= 0.3 is 0 Å². The first-order valence-electron chi connectivity index (χ1n) is 8.46. The molecule has 3 aromatic rings. The Morgan fingerprint density at radius 2 is 1.50 bits per heavy atom. The van der Waals surface area contributed by atoms with E-state index in [1.165, 1.54) is 0 Å². The predicted molar refractivity (Wildman–Crippen MR) is 96.6 cm³/mol. The van der Waals surface area contributed by atoms with Crippen molar-refractivity contribution in [1.29, 1.82) is 0 Å². The molecule has 0 aliphatic carbocycles. The van der Waals surface area contributed by atoms with E-state index in [9.17, 15) is 4.79 Å². The molecule has 0 unspecified atom stereocenters. The summed E-state index contributed by atoms with van der Waals surface area (Å²) in [6.07, 6.45) is 0. The zero-order valence-corrected chi connectivity index (χ0v) is 18.2. The normalized spacial score (nSPS) is 14.7. The maximum Gasteiger partial charge on any atom is 0.283 e. The molecule has 0 bridgehead atoms. The molecule has 2 aliphatic rings. The van der Waals surface area contributed by atoms with Gasteiger partial charge in [0.2, 0.25) is 0 Å². The van der Waals surface area contributed by atoms with Gasteiger partial charge in [0.1, 0.15) is 23.0 Å². The molecule has 0 saturated heterocycles. The molecule has 0 saturated carbocycles. The van der Waals surface area contributed by atoms with Gasteiger partial charge in [0.15, 0.2) is 5.60 Å². The monoisotopic (exact) mass is 448 g/mol. The van der Waals surface area contributed by atoms with Crippen molar-refractivity contribution in [1.82, 2.24) is 0 Å². The second-order valence-corrected chi connectivity index (χ2v) is 6.37. The summed E-state index contributed by atoms with van der Waals surface area (Å²) in [5.74, 6) is 2.07. The van der Waals surface area contributed by atoms with E-state index in [2.05, 4.69) is 6.07 Å². The van der Waals surface area contributed by atoms with Crippen molar-refractivity contribution in [3.8, 4) is 23.0 Å². The molecule has 6 heteroatoms. The Morgan fingerprint density at radius 1 is 0.893 bits per heavy atom. The van der Waals surface area contributed by atoms with Crippen LogP contribution >= 0.6 is 0 Å². The minimum Gasteiger partial charge on any atom is -0.497 e. The Hall–Kier alpha value is -2.37. The molecule has 2 heterocycles. The maximum atomic E-state index is 12.7. The van der Waals surface area contributed by atoms with Gasteiger partial charge in [0.05, 0.1) is 14.2 Å². The molecule has 28 heavy (non-hydrogen) atoms. The predicted octanol–water partition coefficient (Wildman–Crippen LogP) is 4.07. The minimum absolute atomic E-state index is 0. The molecule has 137 valence electrons. The molecule has 1 radical (unpaired) electrons. The van der Waals surface area contributed by atoms with Crippen molar-refractivity contribution in [2.45, 2.75) is 5.60 Å². The van der Waals surface area contributed by atoms with E-state index in [0.717, 1.165) is 16.7 Å². The van der Waals surface area contributed by atoms with Crippen molar-refractivity contribution in [2.24, 2.45) is 0 Å². The number of rotatable bonds is 2. The molecule has 1 spiro atoms. The third-order valence-electron chi connectivity index (χ3n) is 5.07. The van der Waals surface area contributed by atoms with Crippen molar-refractivity contribution in [3.63, 3.8) is 0 Å². The van der Waals surface area contributed by atoms with Crippen LogP contribution < -0.4 is 14.2 Å². The van der Waals surface area contributed by atoms with Crippen LogP contribution in [0.2, 0.25) is 0 Å². The molecule has 5 nitrogen and oxygen atoms in total. The third kappa shape index (κ3) is 2.50. The van der Waals surface area contributed by atoms with Crippen molar-refractivity contribution < 1.29 is 56.5 Å². The van der Waals surface area contributed by atoms with Crippen molar-refractivity contribution >= 4 is 5.97 Å². The van der Waals surface area contributed by atoms with Crippen LogP contribution in [-0.4, -0.2) is 20.2 Å². The molecule has 5 rings (SSSR count). The van der Waals surface area contributed by atoms with Gasteiger partial charge in [-0.1, -0.05) is 5.56 Å². The number of benzene rings is 3. The van der Waals surface area contributed by atoms with Crippen LogP contribution in [0.1, 0.15) is 27.0 Å². The van der Waals surface area contributed by atoms with Crippen LogP contribution in [0.3, 0.4) is 0 Å². The van der Waals surface area contributed by atoms with Crippen LogP contribution in [-0.2, 0) is 43.0 Å². The number of methoxy groups -OCH3 is 2. The van der Waals surface area contributed by atoms with E-state index in [1.807, 2.05) is 30.3 Å². The zero-order valence-electron chi connectivity index (χ0n) is 15.3. The van der Waals surface area contributed by atoms with E-state index in [4.69, 9.17) is 18.9 Å². The van der Waals surface area contributed by atoms with E-state index < -0.39 is 5.60 Å². The Morgan fingerprint density at radius 3 is 2.07 bits per heavy atom. The minimum atomic E-state index is -1.08. The van der Waals surface area contributed by atoms with Gasteiger partial charge in [-0.3, -0.25) is 4.79 Å². The van der Waals surface area contributed by atoms with Gasteiger partial charge in [-0.2, -0.15) is 24.3 Å². The average molecular weight is 448 g/mol. The molecule has 0 fully saturated rings. The summed E-state index contributed by atoms with van der Waals surface area (Å²) in [6.45, 7) is 0. The van der Waals surface area contributed by atoms with Crippen LogP contribution in [0.15, 0.2) is 54.6 Å². The third-order valence-corrected chi connectivity index (χ3v) is 5.07. The Bertz CT molecular complexity index is 1040. The van der Waals surface area contributed by atoms with E-state index in [1.54, 1.807) is 38.5 Å². The van der Waals surface area contributed by atoms with Crippen LogP contribution in [0.4, 0.5) is 0 Å². The molecule has 3 aromatic carbocycles. The number of carbonyl (C=O) groups is 1. The number of esters is 1. The van der Waals surface area contributed by atoms with Crippen LogP contribution in [0, 0.1) is 6.07 Å². The molecular weight excluding hydrogens is 433 g/mol. The summed E-state index contributed by atoms with van der Waals surface area (Å²) in [7, 11) is 3.19. The molecule has 0 aromatic heterocycles. The first-order valence-corrected chi connectivity index (χ1v) is 8.46. The standard InChI is InChI=1S/C22H15O5.Y/c1-24-13-7-9-17-19(11-13)26-20-12-14(25-2)8-10-18(20)22(17)16-6-4-3-5-15(16)21(23)27-22;/h4-12H,1-2H3;/q-1;. The first kappa shape index (κ1) is 19.0. The SMILES string of the molecule is COc1ccc2c(c1)Oc1cc(OC)ccc1C21OC(=O)c2c[c-]ccc21.[Y]. The molecule has 0 amide bonds. The van der Waals surface area contributed by atoms with Crippen LogP contribution in [0.25, 0.3) is 0 Å². The quantitative estimate of drug-likeness (QED) is 0.437. The molecule has 0 atom stereocenters. The van der Waals surface area contributed by atoms with E-state index >= 15 is 0 Å². The average Bonchev–Trinajstić information content (AvgIpc) is 3.01.